The Balaban J connectivity index is 1.69. The molecule has 0 aliphatic carbocycles. The molecule has 1 saturated heterocycles. The van der Waals surface area contributed by atoms with Crippen LogP contribution in [0.25, 0.3) is 21.5 Å². The summed E-state index contributed by atoms with van der Waals surface area (Å²) < 4.78 is 0. The van der Waals surface area contributed by atoms with Crippen molar-refractivity contribution in [3.05, 3.63) is 84.9 Å². The fraction of sp³-hybridized carbons (Fsp3) is 0.154. The molecule has 4 nitrogen and oxygen atoms in total. The second-order valence-electron chi connectivity index (χ2n) is 7.71. The molecule has 0 bridgehead atoms. The summed E-state index contributed by atoms with van der Waals surface area (Å²) in [5.74, 6) is 1.79. The van der Waals surface area contributed by atoms with Crippen molar-refractivity contribution in [2.45, 2.75) is 0 Å². The van der Waals surface area contributed by atoms with E-state index < -0.39 is 0 Å². The Morgan fingerprint density at radius 1 is 0.533 bits per heavy atom. The molecular weight excluding hydrogens is 368 g/mol. The second kappa shape index (κ2) is 7.64. The van der Waals surface area contributed by atoms with Crippen LogP contribution in [0.15, 0.2) is 94.9 Å². The second-order valence-corrected chi connectivity index (χ2v) is 7.71. The smallest absolute Gasteiger partial charge is 0.172 e. The lowest BCUT2D eigenvalue weighted by molar-refractivity contribution is 0.386. The summed E-state index contributed by atoms with van der Waals surface area (Å²) in [4.78, 5) is 14.6. The zero-order chi connectivity index (χ0) is 20.5. The predicted molar refractivity (Wildman–Crippen MR) is 127 cm³/mol. The molecule has 148 valence electrons. The minimum atomic E-state index is 0.896. The van der Waals surface area contributed by atoms with Crippen LogP contribution in [0.4, 0.5) is 11.4 Å². The predicted octanol–water partition coefficient (Wildman–Crippen LogP) is 5.63. The van der Waals surface area contributed by atoms with Gasteiger partial charge in [0, 0.05) is 38.0 Å². The van der Waals surface area contributed by atoms with Gasteiger partial charge in [0.2, 0.25) is 0 Å². The van der Waals surface area contributed by atoms with E-state index in [4.69, 9.17) is 9.98 Å². The Morgan fingerprint density at radius 2 is 0.933 bits per heavy atom. The molecule has 0 radical (unpaired) electrons. The van der Waals surface area contributed by atoms with Crippen molar-refractivity contribution in [3.8, 4) is 0 Å². The molecule has 4 aromatic rings. The number of likely N-dealkylation sites (N-methyl/N-ethyl adjacent to an activating group) is 2. The fourth-order valence-corrected chi connectivity index (χ4v) is 3.96. The summed E-state index contributed by atoms with van der Waals surface area (Å²) >= 11 is 0. The number of piperazine rings is 1. The van der Waals surface area contributed by atoms with E-state index in [2.05, 4.69) is 109 Å². The number of nitrogens with zero attached hydrogens (tertiary/aromatic N) is 4. The molecule has 0 saturated carbocycles. The molecule has 0 atom stereocenters. The standard InChI is InChI=1S/C26H24N4/c1-29-17-18-30(2)26(28-24-16-8-12-20-10-4-6-14-22(20)24)25(29)27-23-15-7-11-19-9-3-5-13-21(19)23/h3-16H,17-18H2,1-2H3. The van der Waals surface area contributed by atoms with E-state index >= 15 is 0 Å². The number of benzene rings is 4. The van der Waals surface area contributed by atoms with Crippen molar-refractivity contribution >= 4 is 44.6 Å². The highest BCUT2D eigenvalue weighted by atomic mass is 15.3. The first kappa shape index (κ1) is 18.4. The molecule has 0 amide bonds. The number of aliphatic imine (C=N–C) groups is 2. The van der Waals surface area contributed by atoms with Gasteiger partial charge in [0.15, 0.2) is 11.7 Å². The number of rotatable bonds is 2. The largest absolute Gasteiger partial charge is 0.355 e. The number of hydrogen-bond acceptors (Lipinski definition) is 2. The molecule has 4 heteroatoms. The van der Waals surface area contributed by atoms with Crippen molar-refractivity contribution in [3.63, 3.8) is 0 Å². The third kappa shape index (κ3) is 3.30. The van der Waals surface area contributed by atoms with E-state index in [1.807, 2.05) is 0 Å². The van der Waals surface area contributed by atoms with Crippen molar-refractivity contribution < 1.29 is 0 Å². The molecule has 0 spiro atoms. The van der Waals surface area contributed by atoms with Crippen LogP contribution in [0.5, 0.6) is 0 Å². The highest BCUT2D eigenvalue weighted by molar-refractivity contribution is 6.41. The van der Waals surface area contributed by atoms with Gasteiger partial charge >= 0.3 is 0 Å². The van der Waals surface area contributed by atoms with Gasteiger partial charge in [0.1, 0.15) is 0 Å². The average molecular weight is 393 g/mol. The molecule has 30 heavy (non-hydrogen) atoms. The van der Waals surface area contributed by atoms with Gasteiger partial charge in [-0.05, 0) is 22.9 Å². The zero-order valence-electron chi connectivity index (χ0n) is 17.3. The van der Waals surface area contributed by atoms with Crippen molar-refractivity contribution in [1.29, 1.82) is 0 Å². The van der Waals surface area contributed by atoms with Crippen LogP contribution in [0, 0.1) is 0 Å². The minimum Gasteiger partial charge on any atom is -0.355 e. The maximum Gasteiger partial charge on any atom is 0.172 e. The average Bonchev–Trinajstić information content (AvgIpc) is 2.79. The van der Waals surface area contributed by atoms with E-state index in [9.17, 15) is 0 Å². The molecular formula is C26H24N4. The molecule has 5 rings (SSSR count). The van der Waals surface area contributed by atoms with E-state index in [1.54, 1.807) is 0 Å². The molecule has 1 aliphatic rings. The Kier molecular flexibility index (Phi) is 4.68. The lowest BCUT2D eigenvalue weighted by Gasteiger charge is -2.34. The summed E-state index contributed by atoms with van der Waals surface area (Å²) in [6, 6.07) is 29.3. The molecule has 1 aliphatic heterocycles. The van der Waals surface area contributed by atoms with Crippen LogP contribution >= 0.6 is 0 Å². The first-order valence-corrected chi connectivity index (χ1v) is 10.3. The summed E-state index contributed by atoms with van der Waals surface area (Å²) in [6.45, 7) is 1.82. The van der Waals surface area contributed by atoms with Crippen LogP contribution in [-0.4, -0.2) is 48.7 Å². The summed E-state index contributed by atoms with van der Waals surface area (Å²) in [5, 5.41) is 4.69. The Hall–Kier alpha value is -3.66. The van der Waals surface area contributed by atoms with Gasteiger partial charge in [0.05, 0.1) is 11.4 Å². The van der Waals surface area contributed by atoms with Gasteiger partial charge < -0.3 is 9.80 Å². The Labute approximate surface area is 176 Å². The van der Waals surface area contributed by atoms with Gasteiger partial charge in [-0.1, -0.05) is 72.8 Å². The van der Waals surface area contributed by atoms with E-state index in [0.717, 1.165) is 46.9 Å². The van der Waals surface area contributed by atoms with Crippen molar-refractivity contribution in [2.75, 3.05) is 27.2 Å². The highest BCUT2D eigenvalue weighted by Crippen LogP contribution is 2.29. The van der Waals surface area contributed by atoms with Gasteiger partial charge in [-0.3, -0.25) is 0 Å². The summed E-state index contributed by atoms with van der Waals surface area (Å²) in [5.41, 5.74) is 1.94. The third-order valence-electron chi connectivity index (χ3n) is 5.68. The minimum absolute atomic E-state index is 0.896. The number of fused-ring (bicyclic) bond motifs is 2. The first-order valence-electron chi connectivity index (χ1n) is 10.3. The van der Waals surface area contributed by atoms with E-state index in [0.29, 0.717) is 0 Å². The molecule has 1 fully saturated rings. The van der Waals surface area contributed by atoms with Gasteiger partial charge in [-0.2, -0.15) is 0 Å². The van der Waals surface area contributed by atoms with Crippen molar-refractivity contribution in [1.82, 2.24) is 9.80 Å². The highest BCUT2D eigenvalue weighted by Gasteiger charge is 2.25. The van der Waals surface area contributed by atoms with Crippen LogP contribution in [0.1, 0.15) is 0 Å². The van der Waals surface area contributed by atoms with Crippen LogP contribution in [0.3, 0.4) is 0 Å². The number of amidine groups is 2. The lowest BCUT2D eigenvalue weighted by atomic mass is 10.1. The molecule has 0 N–H and O–H groups in total. The topological polar surface area (TPSA) is 31.2 Å². The maximum absolute atomic E-state index is 5.11. The Morgan fingerprint density at radius 3 is 1.40 bits per heavy atom. The van der Waals surface area contributed by atoms with Crippen molar-refractivity contribution in [2.24, 2.45) is 9.98 Å². The first-order chi connectivity index (χ1) is 14.7. The molecule has 1 heterocycles. The van der Waals surface area contributed by atoms with Gasteiger partial charge in [-0.25, -0.2) is 9.98 Å². The number of hydrogen-bond donors (Lipinski definition) is 0. The van der Waals surface area contributed by atoms with Gasteiger partial charge in [-0.15, -0.1) is 0 Å². The summed E-state index contributed by atoms with van der Waals surface area (Å²) in [7, 11) is 4.19. The Bertz CT molecular complexity index is 1180. The zero-order valence-corrected chi connectivity index (χ0v) is 17.3. The maximum atomic E-state index is 5.11. The molecule has 0 unspecified atom stereocenters. The third-order valence-corrected chi connectivity index (χ3v) is 5.68. The quantitative estimate of drug-likeness (QED) is 0.443. The molecule has 0 aromatic heterocycles. The van der Waals surface area contributed by atoms with Crippen LogP contribution < -0.4 is 0 Å². The monoisotopic (exact) mass is 392 g/mol. The fourth-order valence-electron chi connectivity index (χ4n) is 3.96. The normalized spacial score (nSPS) is 17.4. The van der Waals surface area contributed by atoms with E-state index in [-0.39, 0.29) is 0 Å². The SMILES string of the molecule is CN1CCN(C)C(=Nc2cccc3ccccc23)C1=Nc1cccc2ccccc12. The summed E-state index contributed by atoms with van der Waals surface area (Å²) in [6.07, 6.45) is 0. The van der Waals surface area contributed by atoms with Crippen LogP contribution in [0.2, 0.25) is 0 Å². The van der Waals surface area contributed by atoms with Crippen LogP contribution in [-0.2, 0) is 0 Å². The van der Waals surface area contributed by atoms with E-state index in [1.165, 1.54) is 10.8 Å². The lowest BCUT2D eigenvalue weighted by Crippen LogP contribution is -2.51. The van der Waals surface area contributed by atoms with Gasteiger partial charge in [0.25, 0.3) is 0 Å². The molecule has 4 aromatic carbocycles.